The Morgan fingerprint density at radius 3 is 2.78 bits per heavy atom. The molecule has 0 saturated heterocycles. The molecule has 1 aromatic carbocycles. The van der Waals surface area contributed by atoms with E-state index in [2.05, 4.69) is 24.4 Å². The third-order valence-corrected chi connectivity index (χ3v) is 3.80. The zero-order valence-corrected chi connectivity index (χ0v) is 11.1. The van der Waals surface area contributed by atoms with Crippen LogP contribution in [-0.2, 0) is 0 Å². The third kappa shape index (κ3) is 2.83. The van der Waals surface area contributed by atoms with Crippen LogP contribution in [0.5, 0.6) is 5.75 Å². The van der Waals surface area contributed by atoms with Crippen molar-refractivity contribution in [2.45, 2.75) is 32.2 Å². The van der Waals surface area contributed by atoms with Crippen molar-refractivity contribution in [2.24, 2.45) is 5.41 Å². The topological polar surface area (TPSA) is 45.0 Å². The SMILES string of the molecule is COc1ccccc1[C@H](C)NCC1(CC#N)CC1. The Labute approximate surface area is 109 Å². The van der Waals surface area contributed by atoms with E-state index in [0.29, 0.717) is 6.42 Å². The Balaban J connectivity index is 1.96. The van der Waals surface area contributed by atoms with Gasteiger partial charge in [0, 0.05) is 24.6 Å². The van der Waals surface area contributed by atoms with Crippen molar-refractivity contribution >= 4 is 0 Å². The second kappa shape index (κ2) is 5.41. The van der Waals surface area contributed by atoms with E-state index in [1.165, 1.54) is 18.4 Å². The first kappa shape index (κ1) is 12.9. The van der Waals surface area contributed by atoms with Crippen LogP contribution in [0.2, 0.25) is 0 Å². The maximum atomic E-state index is 8.81. The Kier molecular flexibility index (Phi) is 3.88. The summed E-state index contributed by atoms with van der Waals surface area (Å²) < 4.78 is 5.37. The summed E-state index contributed by atoms with van der Waals surface area (Å²) in [5, 5.41) is 12.3. The van der Waals surface area contributed by atoms with Crippen LogP contribution < -0.4 is 10.1 Å². The number of nitriles is 1. The average Bonchev–Trinajstić information content (AvgIpc) is 3.16. The highest BCUT2D eigenvalue weighted by Crippen LogP contribution is 2.48. The van der Waals surface area contributed by atoms with Gasteiger partial charge >= 0.3 is 0 Å². The molecule has 0 heterocycles. The molecule has 0 unspecified atom stereocenters. The van der Waals surface area contributed by atoms with Gasteiger partial charge in [0.1, 0.15) is 5.75 Å². The summed E-state index contributed by atoms with van der Waals surface area (Å²) >= 11 is 0. The van der Waals surface area contributed by atoms with Crippen LogP contribution in [0, 0.1) is 16.7 Å². The number of nitrogens with one attached hydrogen (secondary N) is 1. The van der Waals surface area contributed by atoms with Crippen LogP contribution >= 0.6 is 0 Å². The maximum absolute atomic E-state index is 8.81. The Bertz CT molecular complexity index is 446. The molecule has 0 spiro atoms. The number of hydrogen-bond acceptors (Lipinski definition) is 3. The molecular formula is C15H20N2O. The lowest BCUT2D eigenvalue weighted by Gasteiger charge is -2.20. The molecule has 3 nitrogen and oxygen atoms in total. The van der Waals surface area contributed by atoms with E-state index in [1.54, 1.807) is 7.11 Å². The van der Waals surface area contributed by atoms with E-state index < -0.39 is 0 Å². The van der Waals surface area contributed by atoms with Gasteiger partial charge in [-0.25, -0.2) is 0 Å². The smallest absolute Gasteiger partial charge is 0.123 e. The minimum absolute atomic E-state index is 0.241. The third-order valence-electron chi connectivity index (χ3n) is 3.80. The summed E-state index contributed by atoms with van der Waals surface area (Å²) in [6.45, 7) is 3.06. The van der Waals surface area contributed by atoms with Crippen LogP contribution in [-0.4, -0.2) is 13.7 Å². The molecule has 2 rings (SSSR count). The number of methoxy groups -OCH3 is 1. The van der Waals surface area contributed by atoms with Gasteiger partial charge in [-0.05, 0) is 31.2 Å². The molecule has 0 amide bonds. The van der Waals surface area contributed by atoms with E-state index >= 15 is 0 Å². The Hall–Kier alpha value is -1.53. The lowest BCUT2D eigenvalue weighted by Crippen LogP contribution is -2.26. The van der Waals surface area contributed by atoms with Crippen LogP contribution in [0.1, 0.15) is 37.8 Å². The fourth-order valence-corrected chi connectivity index (χ4v) is 2.26. The van der Waals surface area contributed by atoms with Crippen molar-refractivity contribution in [3.8, 4) is 11.8 Å². The van der Waals surface area contributed by atoms with E-state index in [0.717, 1.165) is 12.3 Å². The molecule has 18 heavy (non-hydrogen) atoms. The molecule has 1 N–H and O–H groups in total. The number of para-hydroxylation sites is 1. The average molecular weight is 244 g/mol. The van der Waals surface area contributed by atoms with E-state index in [9.17, 15) is 0 Å². The van der Waals surface area contributed by atoms with Crippen molar-refractivity contribution in [1.29, 1.82) is 5.26 Å². The molecular weight excluding hydrogens is 224 g/mol. The zero-order valence-electron chi connectivity index (χ0n) is 11.1. The van der Waals surface area contributed by atoms with Gasteiger partial charge in [0.25, 0.3) is 0 Å². The Morgan fingerprint density at radius 1 is 1.44 bits per heavy atom. The lowest BCUT2D eigenvalue weighted by atomic mass is 10.0. The molecule has 0 bridgehead atoms. The molecule has 3 heteroatoms. The molecule has 1 aromatic rings. The number of ether oxygens (including phenoxy) is 1. The van der Waals surface area contributed by atoms with Crippen molar-refractivity contribution in [1.82, 2.24) is 5.32 Å². The fourth-order valence-electron chi connectivity index (χ4n) is 2.26. The summed E-state index contributed by atoms with van der Waals surface area (Å²) in [6.07, 6.45) is 3.01. The molecule has 96 valence electrons. The number of rotatable bonds is 6. The van der Waals surface area contributed by atoms with Crippen molar-refractivity contribution in [2.75, 3.05) is 13.7 Å². The van der Waals surface area contributed by atoms with Gasteiger partial charge in [0.15, 0.2) is 0 Å². The van der Waals surface area contributed by atoms with Gasteiger partial charge in [-0.3, -0.25) is 0 Å². The summed E-state index contributed by atoms with van der Waals surface area (Å²) in [7, 11) is 1.70. The summed E-state index contributed by atoms with van der Waals surface area (Å²) in [6, 6.07) is 10.6. The van der Waals surface area contributed by atoms with Gasteiger partial charge in [-0.1, -0.05) is 18.2 Å². The normalized spacial score (nSPS) is 17.8. The van der Waals surface area contributed by atoms with E-state index in [-0.39, 0.29) is 11.5 Å². The highest BCUT2D eigenvalue weighted by Gasteiger charge is 2.42. The van der Waals surface area contributed by atoms with Gasteiger partial charge in [0.05, 0.1) is 13.2 Å². The molecule has 0 aliphatic heterocycles. The summed E-state index contributed by atoms with van der Waals surface area (Å²) in [4.78, 5) is 0. The van der Waals surface area contributed by atoms with Gasteiger partial charge in [0.2, 0.25) is 0 Å². The lowest BCUT2D eigenvalue weighted by molar-refractivity contribution is 0.391. The van der Waals surface area contributed by atoms with E-state index in [1.807, 2.05) is 18.2 Å². The molecule has 1 aliphatic rings. The first-order valence-corrected chi connectivity index (χ1v) is 6.44. The standard InChI is InChI=1S/C15H20N2O/c1-12(13-5-3-4-6-14(13)18-2)17-11-15(7-8-15)9-10-16/h3-6,12,17H,7-9,11H2,1-2H3/t12-/m0/s1. The summed E-state index contributed by atoms with van der Waals surface area (Å²) in [5.74, 6) is 0.919. The minimum atomic E-state index is 0.241. The number of nitrogens with zero attached hydrogens (tertiary/aromatic N) is 1. The predicted molar refractivity (Wildman–Crippen MR) is 71.3 cm³/mol. The maximum Gasteiger partial charge on any atom is 0.123 e. The monoisotopic (exact) mass is 244 g/mol. The molecule has 0 radical (unpaired) electrons. The molecule has 0 aromatic heterocycles. The van der Waals surface area contributed by atoms with Crippen LogP contribution in [0.25, 0.3) is 0 Å². The molecule has 1 atom stereocenters. The molecule has 1 saturated carbocycles. The highest BCUT2D eigenvalue weighted by atomic mass is 16.5. The second-order valence-corrected chi connectivity index (χ2v) is 5.18. The van der Waals surface area contributed by atoms with Gasteiger partial charge < -0.3 is 10.1 Å². The predicted octanol–water partition coefficient (Wildman–Crippen LogP) is 3.04. The van der Waals surface area contributed by atoms with Crippen LogP contribution in [0.3, 0.4) is 0 Å². The largest absolute Gasteiger partial charge is 0.496 e. The number of benzene rings is 1. The zero-order chi connectivity index (χ0) is 13.0. The van der Waals surface area contributed by atoms with Gasteiger partial charge in [-0.15, -0.1) is 0 Å². The van der Waals surface area contributed by atoms with Crippen LogP contribution in [0.15, 0.2) is 24.3 Å². The fraction of sp³-hybridized carbons (Fsp3) is 0.533. The minimum Gasteiger partial charge on any atom is -0.496 e. The van der Waals surface area contributed by atoms with E-state index in [4.69, 9.17) is 10.00 Å². The van der Waals surface area contributed by atoms with Crippen molar-refractivity contribution in [3.05, 3.63) is 29.8 Å². The molecule has 1 fully saturated rings. The second-order valence-electron chi connectivity index (χ2n) is 5.18. The quantitative estimate of drug-likeness (QED) is 0.836. The number of hydrogen-bond donors (Lipinski definition) is 1. The first-order valence-electron chi connectivity index (χ1n) is 6.44. The van der Waals surface area contributed by atoms with Crippen LogP contribution in [0.4, 0.5) is 0 Å². The van der Waals surface area contributed by atoms with Crippen molar-refractivity contribution in [3.63, 3.8) is 0 Å². The summed E-state index contributed by atoms with van der Waals surface area (Å²) in [5.41, 5.74) is 1.41. The van der Waals surface area contributed by atoms with Crippen molar-refractivity contribution < 1.29 is 4.74 Å². The van der Waals surface area contributed by atoms with Gasteiger partial charge in [-0.2, -0.15) is 5.26 Å². The highest BCUT2D eigenvalue weighted by molar-refractivity contribution is 5.35. The first-order chi connectivity index (χ1) is 8.71. The Morgan fingerprint density at radius 2 is 2.17 bits per heavy atom. The molecule has 1 aliphatic carbocycles.